The van der Waals surface area contributed by atoms with Crippen molar-refractivity contribution in [1.29, 1.82) is 0 Å². The van der Waals surface area contributed by atoms with E-state index in [0.29, 0.717) is 17.3 Å². The minimum atomic E-state index is -0.00245. The number of aryl methyl sites for hydroxylation is 2. The molecule has 128 valence electrons. The number of hydrogen-bond donors (Lipinski definition) is 0. The molecule has 0 N–H and O–H groups in total. The van der Waals surface area contributed by atoms with Crippen LogP contribution in [0.3, 0.4) is 0 Å². The van der Waals surface area contributed by atoms with Gasteiger partial charge in [-0.1, -0.05) is 23.7 Å². The van der Waals surface area contributed by atoms with Gasteiger partial charge in [-0.3, -0.25) is 9.48 Å². The van der Waals surface area contributed by atoms with Gasteiger partial charge in [0.05, 0.1) is 18.3 Å². The molecule has 6 heteroatoms. The largest absolute Gasteiger partial charge is 0.380 e. The van der Waals surface area contributed by atoms with Crippen LogP contribution in [0.1, 0.15) is 46.1 Å². The van der Waals surface area contributed by atoms with Crippen molar-refractivity contribution in [3.63, 3.8) is 0 Å². The molecule has 1 amide bonds. The second-order valence-electron chi connectivity index (χ2n) is 6.20. The van der Waals surface area contributed by atoms with Gasteiger partial charge in [0.25, 0.3) is 5.91 Å². The number of benzene rings is 1. The van der Waals surface area contributed by atoms with Crippen molar-refractivity contribution in [3.05, 3.63) is 51.8 Å². The first-order valence-corrected chi connectivity index (χ1v) is 8.48. The topological polar surface area (TPSA) is 47.4 Å². The number of amides is 1. The van der Waals surface area contributed by atoms with E-state index in [1.165, 1.54) is 0 Å². The van der Waals surface area contributed by atoms with Gasteiger partial charge in [-0.2, -0.15) is 5.10 Å². The third-order valence-corrected chi connectivity index (χ3v) is 5.00. The second kappa shape index (κ2) is 6.95. The van der Waals surface area contributed by atoms with E-state index in [1.807, 2.05) is 43.1 Å². The minimum absolute atomic E-state index is 0.00245. The number of nitrogens with zero attached hydrogens (tertiary/aromatic N) is 3. The van der Waals surface area contributed by atoms with E-state index in [4.69, 9.17) is 16.3 Å². The van der Waals surface area contributed by atoms with E-state index in [2.05, 4.69) is 5.10 Å². The quantitative estimate of drug-likeness (QED) is 0.850. The molecule has 0 spiro atoms. The molecule has 1 aromatic heterocycles. The molecule has 2 aromatic rings. The van der Waals surface area contributed by atoms with Gasteiger partial charge in [-0.15, -0.1) is 0 Å². The van der Waals surface area contributed by atoms with Gasteiger partial charge in [-0.25, -0.2) is 0 Å². The third kappa shape index (κ3) is 3.06. The van der Waals surface area contributed by atoms with Gasteiger partial charge in [0.2, 0.25) is 0 Å². The predicted octanol–water partition coefficient (Wildman–Crippen LogP) is 3.51. The van der Waals surface area contributed by atoms with Gasteiger partial charge >= 0.3 is 0 Å². The monoisotopic (exact) mass is 347 g/mol. The Hall–Kier alpha value is -1.85. The highest BCUT2D eigenvalue weighted by atomic mass is 35.5. The molecular formula is C18H22ClN3O2. The Morgan fingerprint density at radius 3 is 2.67 bits per heavy atom. The van der Waals surface area contributed by atoms with Gasteiger partial charge in [0, 0.05) is 31.8 Å². The molecule has 1 saturated heterocycles. The number of halogens is 1. The number of carbonyl (C=O) groups excluding carboxylic acids is 1. The first-order chi connectivity index (χ1) is 11.5. The first-order valence-electron chi connectivity index (χ1n) is 8.10. The minimum Gasteiger partial charge on any atom is -0.380 e. The van der Waals surface area contributed by atoms with Crippen LogP contribution >= 0.6 is 11.6 Å². The molecule has 0 bridgehead atoms. The van der Waals surface area contributed by atoms with Gasteiger partial charge in [0.1, 0.15) is 5.15 Å². The Labute approximate surface area is 147 Å². The number of methoxy groups -OCH3 is 1. The summed E-state index contributed by atoms with van der Waals surface area (Å²) < 4.78 is 6.79. The zero-order chi connectivity index (χ0) is 17.3. The van der Waals surface area contributed by atoms with Crippen LogP contribution in [0.5, 0.6) is 0 Å². The highest BCUT2D eigenvalue weighted by Gasteiger charge is 2.34. The number of hydrogen-bond acceptors (Lipinski definition) is 3. The van der Waals surface area contributed by atoms with E-state index < -0.39 is 0 Å². The zero-order valence-electron chi connectivity index (χ0n) is 14.3. The highest BCUT2D eigenvalue weighted by Crippen LogP contribution is 2.38. The number of carbonyl (C=O) groups is 1. The van der Waals surface area contributed by atoms with E-state index in [0.717, 1.165) is 36.2 Å². The number of likely N-dealkylation sites (tertiary alicyclic amines) is 1. The molecule has 1 aliphatic rings. The average molecular weight is 348 g/mol. The molecular weight excluding hydrogens is 326 g/mol. The molecule has 0 saturated carbocycles. The summed E-state index contributed by atoms with van der Waals surface area (Å²) in [6.07, 6.45) is 1.89. The van der Waals surface area contributed by atoms with Crippen LogP contribution in [0.4, 0.5) is 0 Å². The molecule has 5 nitrogen and oxygen atoms in total. The summed E-state index contributed by atoms with van der Waals surface area (Å²) in [7, 11) is 3.49. The van der Waals surface area contributed by atoms with Gasteiger partial charge in [-0.05, 0) is 37.5 Å². The molecule has 1 atom stereocenters. The number of aromatic nitrogens is 2. The normalized spacial score (nSPS) is 17.5. The first kappa shape index (κ1) is 17.0. The fourth-order valence-electron chi connectivity index (χ4n) is 3.41. The number of rotatable bonds is 4. The van der Waals surface area contributed by atoms with Crippen molar-refractivity contribution in [1.82, 2.24) is 14.7 Å². The van der Waals surface area contributed by atoms with Gasteiger partial charge in [0.15, 0.2) is 0 Å². The fourth-order valence-corrected chi connectivity index (χ4v) is 3.71. The molecule has 0 unspecified atom stereocenters. The van der Waals surface area contributed by atoms with E-state index in [9.17, 15) is 4.79 Å². The lowest BCUT2D eigenvalue weighted by atomic mass is 10.0. The maximum Gasteiger partial charge on any atom is 0.254 e. The van der Waals surface area contributed by atoms with Crippen LogP contribution in [0, 0.1) is 6.92 Å². The van der Waals surface area contributed by atoms with E-state index in [1.54, 1.807) is 11.8 Å². The molecule has 0 aliphatic carbocycles. The molecule has 1 aliphatic heterocycles. The Bertz CT molecular complexity index is 739. The lowest BCUT2D eigenvalue weighted by Crippen LogP contribution is -2.30. The molecule has 0 radical (unpaired) electrons. The van der Waals surface area contributed by atoms with Crippen LogP contribution in [-0.2, 0) is 18.4 Å². The smallest absolute Gasteiger partial charge is 0.254 e. The summed E-state index contributed by atoms with van der Waals surface area (Å²) in [6, 6.07) is 7.60. The van der Waals surface area contributed by atoms with Crippen molar-refractivity contribution in [2.45, 2.75) is 32.4 Å². The Morgan fingerprint density at radius 1 is 1.38 bits per heavy atom. The van der Waals surface area contributed by atoms with Crippen LogP contribution in [0.25, 0.3) is 0 Å². The summed E-state index contributed by atoms with van der Waals surface area (Å²) >= 11 is 6.41. The third-order valence-electron chi connectivity index (χ3n) is 4.55. The van der Waals surface area contributed by atoms with Crippen LogP contribution in [-0.4, -0.2) is 34.2 Å². The summed E-state index contributed by atoms with van der Waals surface area (Å²) in [6.45, 7) is 3.24. The number of ether oxygens (including phenoxy) is 1. The zero-order valence-corrected chi connectivity index (χ0v) is 15.0. The molecule has 1 fully saturated rings. The van der Waals surface area contributed by atoms with E-state index >= 15 is 0 Å². The van der Waals surface area contributed by atoms with E-state index in [-0.39, 0.29) is 11.9 Å². The Kier molecular flexibility index (Phi) is 4.92. The van der Waals surface area contributed by atoms with Crippen LogP contribution < -0.4 is 0 Å². The summed E-state index contributed by atoms with van der Waals surface area (Å²) in [4.78, 5) is 14.9. The Balaban J connectivity index is 1.86. The highest BCUT2D eigenvalue weighted by molar-refractivity contribution is 6.30. The Morgan fingerprint density at radius 2 is 2.08 bits per heavy atom. The van der Waals surface area contributed by atoms with Crippen molar-refractivity contribution < 1.29 is 9.53 Å². The predicted molar refractivity (Wildman–Crippen MR) is 93.1 cm³/mol. The maximum absolute atomic E-state index is 13.0. The second-order valence-corrected chi connectivity index (χ2v) is 6.56. The molecule has 24 heavy (non-hydrogen) atoms. The summed E-state index contributed by atoms with van der Waals surface area (Å²) in [5, 5.41) is 5.00. The fraction of sp³-hybridized carbons (Fsp3) is 0.444. The summed E-state index contributed by atoms with van der Waals surface area (Å²) in [5.41, 5.74) is 3.61. The van der Waals surface area contributed by atoms with Crippen molar-refractivity contribution in [2.75, 3.05) is 13.7 Å². The maximum atomic E-state index is 13.0. The lowest BCUT2D eigenvalue weighted by molar-refractivity contribution is 0.0735. The standard InChI is InChI=1S/C18H22ClN3O2/c1-12-16(17(19)21(2)20-12)15-5-4-10-22(15)18(23)14-8-6-13(7-9-14)11-24-3/h6-9,15H,4-5,10-11H2,1-3H3/t15-/m0/s1. The van der Waals surface area contributed by atoms with Crippen molar-refractivity contribution >= 4 is 17.5 Å². The van der Waals surface area contributed by atoms with Crippen LogP contribution in [0.15, 0.2) is 24.3 Å². The molecule has 1 aromatic carbocycles. The van der Waals surface area contributed by atoms with Crippen molar-refractivity contribution in [3.8, 4) is 0 Å². The summed E-state index contributed by atoms with van der Waals surface area (Å²) in [5.74, 6) is 0.0424. The van der Waals surface area contributed by atoms with Crippen LogP contribution in [0.2, 0.25) is 5.15 Å². The van der Waals surface area contributed by atoms with Gasteiger partial charge < -0.3 is 9.64 Å². The average Bonchev–Trinajstić information content (AvgIpc) is 3.13. The van der Waals surface area contributed by atoms with Crippen molar-refractivity contribution in [2.24, 2.45) is 7.05 Å². The molecule has 3 rings (SSSR count). The lowest BCUT2D eigenvalue weighted by Gasteiger charge is -2.25. The SMILES string of the molecule is COCc1ccc(C(=O)N2CCC[C@H]2c2c(C)nn(C)c2Cl)cc1. The molecule has 2 heterocycles.